The average molecular weight is 555 g/mol. The molecule has 0 spiro atoms. The molecule has 0 atom stereocenters. The lowest BCUT2D eigenvalue weighted by Crippen LogP contribution is -2.22. The summed E-state index contributed by atoms with van der Waals surface area (Å²) in [5.41, 5.74) is 8.94. The van der Waals surface area contributed by atoms with Crippen LogP contribution < -0.4 is 9.80 Å². The first-order valence-corrected chi connectivity index (χ1v) is 15.3. The number of benzene rings is 5. The Morgan fingerprint density at radius 3 is 1.95 bits per heavy atom. The molecule has 0 fully saturated rings. The summed E-state index contributed by atoms with van der Waals surface area (Å²) in [6, 6.07) is 42.7. The maximum Gasteiger partial charge on any atom is 0.150 e. The summed E-state index contributed by atoms with van der Waals surface area (Å²) in [5.74, 6) is 0. The number of rotatable bonds is 10. The first-order chi connectivity index (χ1) is 20.2. The summed E-state index contributed by atoms with van der Waals surface area (Å²) in [5, 5.41) is 0. The third kappa shape index (κ3) is 5.79. The van der Waals surface area contributed by atoms with Crippen LogP contribution in [0, 0.1) is 0 Å². The molecule has 3 nitrogen and oxygen atoms in total. The van der Waals surface area contributed by atoms with Crippen LogP contribution in [0.2, 0.25) is 0 Å². The van der Waals surface area contributed by atoms with E-state index in [4.69, 9.17) is 0 Å². The van der Waals surface area contributed by atoms with Gasteiger partial charge in [0.25, 0.3) is 0 Å². The van der Waals surface area contributed by atoms with E-state index in [2.05, 4.69) is 126 Å². The summed E-state index contributed by atoms with van der Waals surface area (Å²) in [6.07, 6.45) is 5.77. The third-order valence-electron chi connectivity index (χ3n) is 7.60. The lowest BCUT2D eigenvalue weighted by Gasteiger charge is -2.33. The molecule has 41 heavy (non-hydrogen) atoms. The number of unbranched alkanes of at least 4 members (excludes halogenated alkanes) is 3. The zero-order valence-electron chi connectivity index (χ0n) is 23.4. The highest BCUT2D eigenvalue weighted by Gasteiger charge is 2.24. The van der Waals surface area contributed by atoms with Crippen LogP contribution in [0.15, 0.2) is 131 Å². The SMILES string of the molecule is CCCCCCN1c2ccc(C=O)cc2Sc2ccc(-c3ccc(N(c4ccccc4)c4ccccc4)cc3)cc21. The Kier molecular flexibility index (Phi) is 8.20. The highest BCUT2D eigenvalue weighted by molar-refractivity contribution is 7.99. The smallest absolute Gasteiger partial charge is 0.150 e. The van der Waals surface area contributed by atoms with Crippen LogP contribution >= 0.6 is 11.8 Å². The van der Waals surface area contributed by atoms with E-state index in [9.17, 15) is 4.79 Å². The van der Waals surface area contributed by atoms with Crippen LogP contribution in [0.5, 0.6) is 0 Å². The minimum atomic E-state index is 0.724. The standard InChI is InChI=1S/C37H34N2OS/c1-2-3-4-11-24-38-34-22-16-28(27-40)25-37(34)41-36-23-19-30(26-35(36)38)29-17-20-33(21-18-29)39(31-12-7-5-8-13-31)32-14-9-6-10-15-32/h5-10,12-23,25-27H,2-4,11,24H2,1H3. The molecule has 4 heteroatoms. The lowest BCUT2D eigenvalue weighted by molar-refractivity contribution is 0.112. The molecule has 0 amide bonds. The van der Waals surface area contributed by atoms with Gasteiger partial charge in [-0.25, -0.2) is 0 Å². The Labute approximate surface area is 247 Å². The van der Waals surface area contributed by atoms with E-state index < -0.39 is 0 Å². The molecule has 5 aromatic carbocycles. The van der Waals surface area contributed by atoms with Crippen molar-refractivity contribution in [3.05, 3.63) is 127 Å². The predicted molar refractivity (Wildman–Crippen MR) is 174 cm³/mol. The summed E-state index contributed by atoms with van der Waals surface area (Å²) >= 11 is 1.76. The van der Waals surface area contributed by atoms with E-state index in [0.717, 1.165) is 46.8 Å². The maximum absolute atomic E-state index is 11.5. The summed E-state index contributed by atoms with van der Waals surface area (Å²) in [6.45, 7) is 3.21. The largest absolute Gasteiger partial charge is 0.340 e. The molecule has 0 N–H and O–H groups in total. The molecule has 0 aromatic heterocycles. The van der Waals surface area contributed by atoms with Crippen LogP contribution in [-0.2, 0) is 0 Å². The molecule has 0 saturated heterocycles. The van der Waals surface area contributed by atoms with Gasteiger partial charge >= 0.3 is 0 Å². The quantitative estimate of drug-likeness (QED) is 0.127. The molecule has 6 rings (SSSR count). The Morgan fingerprint density at radius 1 is 0.634 bits per heavy atom. The van der Waals surface area contributed by atoms with Crippen LogP contribution in [0.1, 0.15) is 43.0 Å². The molecule has 0 radical (unpaired) electrons. The van der Waals surface area contributed by atoms with Gasteiger partial charge in [0.1, 0.15) is 6.29 Å². The monoisotopic (exact) mass is 554 g/mol. The number of hydrogen-bond acceptors (Lipinski definition) is 4. The fraction of sp³-hybridized carbons (Fsp3) is 0.162. The van der Waals surface area contributed by atoms with E-state index in [-0.39, 0.29) is 0 Å². The zero-order chi connectivity index (χ0) is 28.0. The third-order valence-corrected chi connectivity index (χ3v) is 8.72. The van der Waals surface area contributed by atoms with Crippen molar-refractivity contribution < 1.29 is 4.79 Å². The topological polar surface area (TPSA) is 23.6 Å². The van der Waals surface area contributed by atoms with Crippen LogP contribution in [0.4, 0.5) is 28.4 Å². The van der Waals surface area contributed by atoms with Crippen LogP contribution in [-0.4, -0.2) is 12.8 Å². The van der Waals surface area contributed by atoms with Gasteiger partial charge in [-0.2, -0.15) is 0 Å². The Morgan fingerprint density at radius 2 is 1.29 bits per heavy atom. The van der Waals surface area contributed by atoms with Crippen LogP contribution in [0.25, 0.3) is 11.1 Å². The molecule has 0 saturated carbocycles. The van der Waals surface area contributed by atoms with Gasteiger partial charge in [-0.3, -0.25) is 4.79 Å². The molecule has 1 heterocycles. The molecular weight excluding hydrogens is 520 g/mol. The Bertz CT molecular complexity index is 1580. The number of hydrogen-bond donors (Lipinski definition) is 0. The van der Waals surface area contributed by atoms with E-state index in [1.807, 2.05) is 12.1 Å². The minimum Gasteiger partial charge on any atom is -0.340 e. The first-order valence-electron chi connectivity index (χ1n) is 14.4. The van der Waals surface area contributed by atoms with Gasteiger partial charge in [0.15, 0.2) is 0 Å². The van der Waals surface area contributed by atoms with Gasteiger partial charge in [-0.1, -0.05) is 92.5 Å². The lowest BCUT2D eigenvalue weighted by atomic mass is 10.0. The number of anilines is 5. The highest BCUT2D eigenvalue weighted by Crippen LogP contribution is 2.49. The van der Waals surface area contributed by atoms with Crippen LogP contribution in [0.3, 0.4) is 0 Å². The van der Waals surface area contributed by atoms with Gasteiger partial charge in [0.05, 0.1) is 11.4 Å². The second kappa shape index (κ2) is 12.5. The Hall–Kier alpha value is -4.28. The van der Waals surface area contributed by atoms with Crippen molar-refractivity contribution in [3.63, 3.8) is 0 Å². The molecular formula is C37H34N2OS. The second-order valence-electron chi connectivity index (χ2n) is 10.4. The molecule has 5 aromatic rings. The van der Waals surface area contributed by atoms with Gasteiger partial charge in [-0.15, -0.1) is 0 Å². The Balaban J connectivity index is 1.33. The second-order valence-corrected chi connectivity index (χ2v) is 11.5. The average Bonchev–Trinajstić information content (AvgIpc) is 3.03. The first kappa shape index (κ1) is 26.9. The molecule has 0 bridgehead atoms. The van der Waals surface area contributed by atoms with E-state index in [0.29, 0.717) is 0 Å². The molecule has 204 valence electrons. The molecule has 0 unspecified atom stereocenters. The minimum absolute atomic E-state index is 0.724. The van der Waals surface area contributed by atoms with Crippen molar-refractivity contribution in [1.29, 1.82) is 0 Å². The summed E-state index contributed by atoms with van der Waals surface area (Å²) in [4.78, 5) is 18.6. The number of fused-ring (bicyclic) bond motifs is 2. The predicted octanol–water partition coefficient (Wildman–Crippen LogP) is 10.8. The van der Waals surface area contributed by atoms with E-state index in [1.165, 1.54) is 46.7 Å². The highest BCUT2D eigenvalue weighted by atomic mass is 32.2. The van der Waals surface area contributed by atoms with Gasteiger partial charge < -0.3 is 9.80 Å². The number of aldehydes is 1. The van der Waals surface area contributed by atoms with Crippen molar-refractivity contribution in [2.45, 2.75) is 42.4 Å². The maximum atomic E-state index is 11.5. The molecule has 0 aliphatic carbocycles. The molecule has 1 aliphatic rings. The summed E-state index contributed by atoms with van der Waals surface area (Å²) in [7, 11) is 0. The number of para-hydroxylation sites is 2. The van der Waals surface area contributed by atoms with Crippen molar-refractivity contribution >= 4 is 46.5 Å². The van der Waals surface area contributed by atoms with Gasteiger partial charge in [0, 0.05) is 39.0 Å². The van der Waals surface area contributed by atoms with Gasteiger partial charge in [-0.05, 0) is 84.3 Å². The fourth-order valence-corrected chi connectivity index (χ4v) is 6.62. The molecule has 1 aliphatic heterocycles. The normalized spacial score (nSPS) is 12.0. The summed E-state index contributed by atoms with van der Waals surface area (Å²) < 4.78 is 0. The van der Waals surface area contributed by atoms with Crippen molar-refractivity contribution in [2.75, 3.05) is 16.3 Å². The van der Waals surface area contributed by atoms with E-state index in [1.54, 1.807) is 11.8 Å². The van der Waals surface area contributed by atoms with Gasteiger partial charge in [0.2, 0.25) is 0 Å². The number of nitrogens with zero attached hydrogens (tertiary/aromatic N) is 2. The number of carbonyl (C=O) groups is 1. The van der Waals surface area contributed by atoms with Crippen molar-refractivity contribution in [1.82, 2.24) is 0 Å². The van der Waals surface area contributed by atoms with Crippen molar-refractivity contribution in [3.8, 4) is 11.1 Å². The van der Waals surface area contributed by atoms with E-state index >= 15 is 0 Å². The van der Waals surface area contributed by atoms with Crippen molar-refractivity contribution in [2.24, 2.45) is 0 Å². The fourth-order valence-electron chi connectivity index (χ4n) is 5.49. The zero-order valence-corrected chi connectivity index (χ0v) is 24.2. The number of carbonyl (C=O) groups excluding carboxylic acids is 1.